The van der Waals surface area contributed by atoms with Crippen molar-refractivity contribution in [2.75, 3.05) is 0 Å². The van der Waals surface area contributed by atoms with Gasteiger partial charge in [-0.15, -0.1) is 0 Å². The lowest BCUT2D eigenvalue weighted by Crippen LogP contribution is -2.03. The molecule has 1 fully saturated rings. The van der Waals surface area contributed by atoms with Crippen LogP contribution in [0.1, 0.15) is 34.5 Å². The number of aromatic nitrogens is 1. The molecule has 28 heavy (non-hydrogen) atoms. The van der Waals surface area contributed by atoms with E-state index in [0.717, 1.165) is 46.7 Å². The van der Waals surface area contributed by atoms with Crippen LogP contribution in [0.15, 0.2) is 48.0 Å². The molecule has 1 saturated carbocycles. The standard InChI is InChI=1S/C13H12FNO.C10H7FO/c14-11-4-3-10-5-12(8-16)15(13(10)6-11)7-9-1-2-9;11-10-2-1-8-3-7(6-12)4-9(8)5-10/h3-6,8-9H,1-2,7H2;1-3,5-6H,4H2. The Labute approximate surface area is 161 Å². The van der Waals surface area contributed by atoms with Crippen LogP contribution in [0.5, 0.6) is 0 Å². The Morgan fingerprint density at radius 2 is 1.71 bits per heavy atom. The van der Waals surface area contributed by atoms with Crippen molar-refractivity contribution >= 4 is 29.6 Å². The molecule has 2 aromatic carbocycles. The van der Waals surface area contributed by atoms with Crippen molar-refractivity contribution in [1.29, 1.82) is 0 Å². The number of fused-ring (bicyclic) bond motifs is 2. The molecule has 142 valence electrons. The summed E-state index contributed by atoms with van der Waals surface area (Å²) in [5, 5.41) is 0.934. The summed E-state index contributed by atoms with van der Waals surface area (Å²) in [6, 6.07) is 11.1. The maximum absolute atomic E-state index is 13.2. The molecule has 2 aliphatic rings. The molecule has 0 aliphatic heterocycles. The van der Waals surface area contributed by atoms with Crippen LogP contribution in [0.4, 0.5) is 8.78 Å². The molecule has 1 aromatic heterocycles. The predicted molar refractivity (Wildman–Crippen MR) is 104 cm³/mol. The van der Waals surface area contributed by atoms with Gasteiger partial charge in [0.2, 0.25) is 0 Å². The summed E-state index contributed by atoms with van der Waals surface area (Å²) < 4.78 is 27.8. The average Bonchev–Trinajstić information content (AvgIpc) is 3.32. The number of carbonyl (C=O) groups is 2. The average molecular weight is 379 g/mol. The van der Waals surface area contributed by atoms with Crippen molar-refractivity contribution in [3.8, 4) is 0 Å². The Morgan fingerprint density at radius 1 is 0.964 bits per heavy atom. The van der Waals surface area contributed by atoms with Crippen LogP contribution >= 0.6 is 0 Å². The van der Waals surface area contributed by atoms with Crippen LogP contribution in [0.2, 0.25) is 0 Å². The number of benzene rings is 2. The third-order valence-electron chi connectivity index (χ3n) is 5.15. The number of halogens is 2. The van der Waals surface area contributed by atoms with Gasteiger partial charge in [-0.3, -0.25) is 9.59 Å². The van der Waals surface area contributed by atoms with E-state index in [4.69, 9.17) is 0 Å². The second kappa shape index (κ2) is 7.50. The highest BCUT2D eigenvalue weighted by Gasteiger charge is 2.23. The molecule has 0 unspecified atom stereocenters. The van der Waals surface area contributed by atoms with Gasteiger partial charge in [-0.2, -0.15) is 0 Å². The Hall–Kier alpha value is -3.08. The first-order chi connectivity index (χ1) is 13.6. The molecule has 3 nitrogen and oxygen atoms in total. The fraction of sp³-hybridized carbons (Fsp3) is 0.217. The van der Waals surface area contributed by atoms with Crippen molar-refractivity contribution in [2.45, 2.75) is 25.8 Å². The van der Waals surface area contributed by atoms with Gasteiger partial charge in [-0.05, 0) is 77.9 Å². The van der Waals surface area contributed by atoms with E-state index in [-0.39, 0.29) is 11.6 Å². The van der Waals surface area contributed by atoms with Crippen LogP contribution in [-0.4, -0.2) is 17.1 Å². The molecule has 1 heterocycles. The lowest BCUT2D eigenvalue weighted by Gasteiger charge is -2.05. The van der Waals surface area contributed by atoms with Crippen molar-refractivity contribution in [3.05, 3.63) is 76.5 Å². The molecule has 0 radical (unpaired) electrons. The summed E-state index contributed by atoms with van der Waals surface area (Å²) in [4.78, 5) is 21.4. The smallest absolute Gasteiger partial charge is 0.166 e. The monoisotopic (exact) mass is 379 g/mol. The predicted octanol–water partition coefficient (Wildman–Crippen LogP) is 4.97. The highest BCUT2D eigenvalue weighted by atomic mass is 19.1. The van der Waals surface area contributed by atoms with Gasteiger partial charge < -0.3 is 4.57 Å². The fourth-order valence-electron chi connectivity index (χ4n) is 3.52. The van der Waals surface area contributed by atoms with E-state index < -0.39 is 0 Å². The molecule has 5 rings (SSSR count). The molecular formula is C23H19F2NO2. The van der Waals surface area contributed by atoms with E-state index in [9.17, 15) is 18.4 Å². The summed E-state index contributed by atoms with van der Waals surface area (Å²) in [6.07, 6.45) is 6.46. The molecule has 0 saturated heterocycles. The number of allylic oxidation sites excluding steroid dienone is 1. The van der Waals surface area contributed by atoms with Gasteiger partial charge in [0.1, 0.15) is 17.9 Å². The first kappa shape index (κ1) is 18.3. The summed E-state index contributed by atoms with van der Waals surface area (Å²) >= 11 is 0. The fourth-order valence-corrected chi connectivity index (χ4v) is 3.52. The van der Waals surface area contributed by atoms with E-state index in [2.05, 4.69) is 0 Å². The number of hydrogen-bond donors (Lipinski definition) is 0. The number of aldehydes is 2. The summed E-state index contributed by atoms with van der Waals surface area (Å²) in [5.41, 5.74) is 4.05. The van der Waals surface area contributed by atoms with E-state index in [0.29, 0.717) is 18.0 Å². The zero-order valence-corrected chi connectivity index (χ0v) is 15.2. The van der Waals surface area contributed by atoms with E-state index in [1.165, 1.54) is 37.1 Å². The Kier molecular flexibility index (Phi) is 4.90. The number of nitrogens with zero attached hydrogens (tertiary/aromatic N) is 1. The molecule has 2 aliphatic carbocycles. The van der Waals surface area contributed by atoms with E-state index >= 15 is 0 Å². The van der Waals surface area contributed by atoms with Gasteiger partial charge in [-0.1, -0.05) is 6.07 Å². The lowest BCUT2D eigenvalue weighted by atomic mass is 10.1. The second-order valence-corrected chi connectivity index (χ2v) is 7.30. The minimum Gasteiger partial charge on any atom is -0.338 e. The van der Waals surface area contributed by atoms with Gasteiger partial charge in [0, 0.05) is 18.4 Å². The largest absolute Gasteiger partial charge is 0.338 e. The minimum absolute atomic E-state index is 0.241. The van der Waals surface area contributed by atoms with Crippen LogP contribution in [0.3, 0.4) is 0 Å². The molecule has 0 bridgehead atoms. The molecule has 0 amide bonds. The van der Waals surface area contributed by atoms with Crippen LogP contribution in [-0.2, 0) is 17.8 Å². The zero-order valence-electron chi connectivity index (χ0n) is 15.2. The van der Waals surface area contributed by atoms with Crippen LogP contribution in [0, 0.1) is 17.6 Å². The maximum Gasteiger partial charge on any atom is 0.166 e. The third kappa shape index (κ3) is 3.79. The zero-order chi connectivity index (χ0) is 19.7. The Balaban J connectivity index is 0.000000143. The normalized spacial score (nSPS) is 14.9. The Morgan fingerprint density at radius 3 is 2.43 bits per heavy atom. The molecule has 0 N–H and O–H groups in total. The van der Waals surface area contributed by atoms with Crippen LogP contribution < -0.4 is 0 Å². The van der Waals surface area contributed by atoms with Gasteiger partial charge in [-0.25, -0.2) is 8.78 Å². The highest BCUT2D eigenvalue weighted by molar-refractivity contribution is 5.89. The molecule has 0 atom stereocenters. The van der Waals surface area contributed by atoms with Crippen molar-refractivity contribution < 1.29 is 18.4 Å². The highest BCUT2D eigenvalue weighted by Crippen LogP contribution is 2.33. The van der Waals surface area contributed by atoms with E-state index in [1.54, 1.807) is 18.2 Å². The summed E-state index contributed by atoms with van der Waals surface area (Å²) in [7, 11) is 0. The maximum atomic E-state index is 13.2. The number of carbonyl (C=O) groups excluding carboxylic acids is 2. The van der Waals surface area contributed by atoms with Gasteiger partial charge >= 0.3 is 0 Å². The van der Waals surface area contributed by atoms with Gasteiger partial charge in [0.15, 0.2) is 6.29 Å². The second-order valence-electron chi connectivity index (χ2n) is 7.30. The van der Waals surface area contributed by atoms with Crippen molar-refractivity contribution in [3.63, 3.8) is 0 Å². The quantitative estimate of drug-likeness (QED) is 0.601. The summed E-state index contributed by atoms with van der Waals surface area (Å²) in [6.45, 7) is 0.834. The molecular weight excluding hydrogens is 360 g/mol. The SMILES string of the molecule is O=CC1=Cc2ccc(F)cc2C1.O=Cc1cc2ccc(F)cc2n1CC1CC1. The topological polar surface area (TPSA) is 39.1 Å². The van der Waals surface area contributed by atoms with Gasteiger partial charge in [0.05, 0.1) is 11.2 Å². The van der Waals surface area contributed by atoms with Crippen molar-refractivity contribution in [1.82, 2.24) is 4.57 Å². The lowest BCUT2D eigenvalue weighted by molar-refractivity contribution is -0.104. The van der Waals surface area contributed by atoms with E-state index in [1.807, 2.05) is 10.6 Å². The molecule has 0 spiro atoms. The number of hydrogen-bond acceptors (Lipinski definition) is 2. The minimum atomic E-state index is -0.250. The van der Waals surface area contributed by atoms with Gasteiger partial charge in [0.25, 0.3) is 0 Å². The molecule has 3 aromatic rings. The van der Waals surface area contributed by atoms with Crippen molar-refractivity contribution in [2.24, 2.45) is 5.92 Å². The Bertz CT molecular complexity index is 1090. The third-order valence-corrected chi connectivity index (χ3v) is 5.15. The van der Waals surface area contributed by atoms with Crippen LogP contribution in [0.25, 0.3) is 17.0 Å². The molecule has 5 heteroatoms. The number of rotatable bonds is 4. The summed E-state index contributed by atoms with van der Waals surface area (Å²) in [5.74, 6) is 0.173. The first-order valence-corrected chi connectivity index (χ1v) is 9.25. The first-order valence-electron chi connectivity index (χ1n) is 9.25.